The lowest BCUT2D eigenvalue weighted by atomic mass is 10.1. The van der Waals surface area contributed by atoms with Crippen molar-refractivity contribution in [3.63, 3.8) is 0 Å². The van der Waals surface area contributed by atoms with Gasteiger partial charge >= 0.3 is 0 Å². The van der Waals surface area contributed by atoms with E-state index in [1.165, 1.54) is 9.13 Å². The third-order valence-electron chi connectivity index (χ3n) is 2.32. The molecule has 0 saturated heterocycles. The molecular weight excluding hydrogens is 349 g/mol. The molecule has 0 aromatic heterocycles. The number of ether oxygens (including phenoxy) is 2. The van der Waals surface area contributed by atoms with E-state index < -0.39 is 0 Å². The van der Waals surface area contributed by atoms with Gasteiger partial charge in [-0.25, -0.2) is 0 Å². The van der Waals surface area contributed by atoms with Crippen molar-refractivity contribution in [3.8, 4) is 11.5 Å². The van der Waals surface area contributed by atoms with E-state index in [0.29, 0.717) is 0 Å². The molecule has 1 rings (SSSR count). The highest BCUT2D eigenvalue weighted by atomic mass is 127. The van der Waals surface area contributed by atoms with Crippen molar-refractivity contribution >= 4 is 39.8 Å². The molecule has 0 aliphatic rings. The van der Waals surface area contributed by atoms with Crippen LogP contribution in [0.3, 0.4) is 0 Å². The molecule has 94 valence electrons. The number of rotatable bonds is 5. The summed E-state index contributed by atoms with van der Waals surface area (Å²) in [6, 6.07) is 4.00. The van der Waals surface area contributed by atoms with Crippen LogP contribution >= 0.6 is 34.8 Å². The summed E-state index contributed by atoms with van der Waals surface area (Å²) < 4.78 is 11.7. The summed E-state index contributed by atoms with van der Waals surface area (Å²) in [4.78, 5) is 0.820. The van der Waals surface area contributed by atoms with Crippen LogP contribution in [0.5, 0.6) is 11.5 Å². The second-order valence-electron chi connectivity index (χ2n) is 3.53. The Morgan fingerprint density at radius 2 is 1.88 bits per heavy atom. The Hall–Kier alpha value is -0.560. The zero-order valence-corrected chi connectivity index (χ0v) is 13.1. The Balaban J connectivity index is 2.81. The number of methoxy groups -OCH3 is 2. The lowest BCUT2D eigenvalue weighted by Crippen LogP contribution is -2.21. The van der Waals surface area contributed by atoms with E-state index in [4.69, 9.17) is 21.7 Å². The number of hydrogen-bond acceptors (Lipinski definition) is 3. The number of halogens is 1. The number of benzene rings is 1. The molecule has 1 aromatic rings. The van der Waals surface area contributed by atoms with E-state index in [1.807, 2.05) is 19.1 Å². The van der Waals surface area contributed by atoms with Crippen LogP contribution < -0.4 is 14.8 Å². The molecule has 1 N–H and O–H groups in total. The highest BCUT2D eigenvalue weighted by Crippen LogP contribution is 2.31. The van der Waals surface area contributed by atoms with Gasteiger partial charge in [0.05, 0.1) is 19.2 Å². The number of thiocarbonyl (C=S) groups is 1. The van der Waals surface area contributed by atoms with Crippen LogP contribution in [0.1, 0.15) is 12.5 Å². The maximum atomic E-state index is 5.28. The first-order valence-electron chi connectivity index (χ1n) is 5.23. The zero-order valence-electron chi connectivity index (χ0n) is 10.2. The topological polar surface area (TPSA) is 30.5 Å². The van der Waals surface area contributed by atoms with E-state index in [2.05, 4.69) is 27.9 Å². The predicted octanol–water partition coefficient (Wildman–Crippen LogP) is 2.79. The molecule has 0 unspecified atom stereocenters. The molecule has 0 saturated carbocycles. The maximum absolute atomic E-state index is 5.28. The molecule has 0 spiro atoms. The Morgan fingerprint density at radius 3 is 2.41 bits per heavy atom. The van der Waals surface area contributed by atoms with Crippen molar-refractivity contribution in [1.82, 2.24) is 5.32 Å². The lowest BCUT2D eigenvalue weighted by Gasteiger charge is -2.12. The molecule has 0 amide bonds. The molecule has 5 heteroatoms. The Morgan fingerprint density at radius 1 is 1.29 bits per heavy atom. The minimum atomic E-state index is 0.764. The second kappa shape index (κ2) is 7.00. The molecule has 0 aliphatic carbocycles. The van der Waals surface area contributed by atoms with Crippen LogP contribution in [0, 0.1) is 3.57 Å². The molecular formula is C12H16INO2S. The van der Waals surface area contributed by atoms with Crippen molar-refractivity contribution in [2.24, 2.45) is 0 Å². The second-order valence-corrected chi connectivity index (χ2v) is 5.31. The van der Waals surface area contributed by atoms with Crippen LogP contribution in [0.25, 0.3) is 0 Å². The summed E-state index contributed by atoms with van der Waals surface area (Å²) in [5, 5.41) is 3.14. The normalized spacial score (nSPS) is 9.88. The summed E-state index contributed by atoms with van der Waals surface area (Å²) in [7, 11) is 3.29. The molecule has 17 heavy (non-hydrogen) atoms. The van der Waals surface area contributed by atoms with Gasteiger partial charge in [0.1, 0.15) is 0 Å². The molecule has 3 nitrogen and oxygen atoms in total. The van der Waals surface area contributed by atoms with Gasteiger partial charge in [-0.05, 0) is 53.6 Å². The smallest absolute Gasteiger partial charge is 0.161 e. The number of nitrogens with one attached hydrogen (secondary N) is 1. The minimum Gasteiger partial charge on any atom is -0.493 e. The first-order valence-corrected chi connectivity index (χ1v) is 6.72. The largest absolute Gasteiger partial charge is 0.493 e. The average Bonchev–Trinajstić information content (AvgIpc) is 2.30. The maximum Gasteiger partial charge on any atom is 0.161 e. The SMILES string of the molecule is COc1cc(I)c(CCNC(C)=S)cc1OC. The van der Waals surface area contributed by atoms with Crippen molar-refractivity contribution in [2.75, 3.05) is 20.8 Å². The molecule has 0 atom stereocenters. The molecule has 0 aliphatic heterocycles. The molecule has 0 bridgehead atoms. The van der Waals surface area contributed by atoms with Crippen LogP contribution in [0.4, 0.5) is 0 Å². The summed E-state index contributed by atoms with van der Waals surface area (Å²) in [6.07, 6.45) is 0.909. The van der Waals surface area contributed by atoms with Gasteiger partial charge in [0.15, 0.2) is 11.5 Å². The van der Waals surface area contributed by atoms with Crippen LogP contribution in [0.2, 0.25) is 0 Å². The quantitative estimate of drug-likeness (QED) is 0.642. The fourth-order valence-corrected chi connectivity index (χ4v) is 2.27. The van der Waals surface area contributed by atoms with Crippen molar-refractivity contribution in [1.29, 1.82) is 0 Å². The molecule has 0 radical (unpaired) electrons. The third kappa shape index (κ3) is 4.31. The van der Waals surface area contributed by atoms with Gasteiger partial charge < -0.3 is 14.8 Å². The van der Waals surface area contributed by atoms with Gasteiger partial charge in [-0.3, -0.25) is 0 Å². The summed E-state index contributed by atoms with van der Waals surface area (Å²) in [5.74, 6) is 1.53. The van der Waals surface area contributed by atoms with Crippen molar-refractivity contribution < 1.29 is 9.47 Å². The summed E-state index contributed by atoms with van der Waals surface area (Å²) in [5.41, 5.74) is 1.23. The van der Waals surface area contributed by atoms with Gasteiger partial charge in [-0.1, -0.05) is 12.2 Å². The Kier molecular flexibility index (Phi) is 5.97. The predicted molar refractivity (Wildman–Crippen MR) is 82.2 cm³/mol. The third-order valence-corrected chi connectivity index (χ3v) is 3.47. The van der Waals surface area contributed by atoms with Gasteiger partial charge in [-0.2, -0.15) is 0 Å². The van der Waals surface area contributed by atoms with Gasteiger partial charge in [0.2, 0.25) is 0 Å². The van der Waals surface area contributed by atoms with Crippen molar-refractivity contribution in [2.45, 2.75) is 13.3 Å². The Bertz CT molecular complexity index is 410. The van der Waals surface area contributed by atoms with E-state index in [1.54, 1.807) is 14.2 Å². The minimum absolute atomic E-state index is 0.764. The zero-order chi connectivity index (χ0) is 12.8. The van der Waals surface area contributed by atoms with Gasteiger partial charge in [0.25, 0.3) is 0 Å². The fourth-order valence-electron chi connectivity index (χ4n) is 1.46. The first-order chi connectivity index (χ1) is 8.08. The standard InChI is InChI=1S/C12H16INO2S/c1-8(17)14-5-4-9-6-11(15-2)12(16-3)7-10(9)13/h6-7H,4-5H2,1-3H3,(H,14,17). The van der Waals surface area contributed by atoms with E-state index in [9.17, 15) is 0 Å². The average molecular weight is 365 g/mol. The van der Waals surface area contributed by atoms with E-state index in [-0.39, 0.29) is 0 Å². The molecule has 0 heterocycles. The van der Waals surface area contributed by atoms with Gasteiger partial charge in [0, 0.05) is 10.1 Å². The lowest BCUT2D eigenvalue weighted by molar-refractivity contribution is 0.354. The molecule has 1 aromatic carbocycles. The Labute approximate surface area is 121 Å². The summed E-state index contributed by atoms with van der Waals surface area (Å²) in [6.45, 7) is 2.72. The van der Waals surface area contributed by atoms with Crippen LogP contribution in [-0.2, 0) is 6.42 Å². The van der Waals surface area contributed by atoms with E-state index in [0.717, 1.165) is 29.5 Å². The van der Waals surface area contributed by atoms with Crippen LogP contribution in [-0.4, -0.2) is 25.8 Å². The van der Waals surface area contributed by atoms with Crippen molar-refractivity contribution in [3.05, 3.63) is 21.3 Å². The van der Waals surface area contributed by atoms with Crippen LogP contribution in [0.15, 0.2) is 12.1 Å². The number of hydrogen-bond donors (Lipinski definition) is 1. The summed E-state index contributed by atoms with van der Waals surface area (Å²) >= 11 is 7.28. The van der Waals surface area contributed by atoms with E-state index >= 15 is 0 Å². The monoisotopic (exact) mass is 365 g/mol. The fraction of sp³-hybridized carbons (Fsp3) is 0.417. The highest BCUT2D eigenvalue weighted by Gasteiger charge is 2.09. The first kappa shape index (κ1) is 14.5. The van der Waals surface area contributed by atoms with Gasteiger partial charge in [-0.15, -0.1) is 0 Å². The highest BCUT2D eigenvalue weighted by molar-refractivity contribution is 14.1. The molecule has 0 fully saturated rings.